The molecule has 0 saturated carbocycles. The molecule has 0 radical (unpaired) electrons. The van der Waals surface area contributed by atoms with Crippen LogP contribution >= 0.6 is 0 Å². The molecule has 2 heterocycles. The molecule has 0 N–H and O–H groups in total. The smallest absolute Gasteiger partial charge is 0.125 e. The Morgan fingerprint density at radius 1 is 1.43 bits per heavy atom. The first kappa shape index (κ1) is 8.24. The quantitative estimate of drug-likeness (QED) is 0.674. The number of hydrogen-bond acceptors (Lipinski definition) is 2. The van der Waals surface area contributed by atoms with Crippen LogP contribution in [0.4, 0.5) is 10.1 Å². The Morgan fingerprint density at radius 3 is 3.00 bits per heavy atom. The molecule has 14 heavy (non-hydrogen) atoms. The van der Waals surface area contributed by atoms with Gasteiger partial charge in [-0.05, 0) is 24.6 Å². The lowest BCUT2D eigenvalue weighted by molar-refractivity contribution is 0.0991. The van der Waals surface area contributed by atoms with Gasteiger partial charge in [0, 0.05) is 12.2 Å². The van der Waals surface area contributed by atoms with Gasteiger partial charge in [0.05, 0.1) is 18.8 Å². The molecule has 2 nitrogen and oxygen atoms in total. The second kappa shape index (κ2) is 2.95. The van der Waals surface area contributed by atoms with Crippen molar-refractivity contribution in [2.45, 2.75) is 18.6 Å². The minimum absolute atomic E-state index is 0.161. The molecule has 0 spiro atoms. The van der Waals surface area contributed by atoms with Crippen LogP contribution in [0.1, 0.15) is 6.42 Å². The molecule has 1 aromatic carbocycles. The summed E-state index contributed by atoms with van der Waals surface area (Å²) in [6, 6.07) is 7.26. The van der Waals surface area contributed by atoms with Crippen molar-refractivity contribution in [3.05, 3.63) is 30.1 Å². The van der Waals surface area contributed by atoms with Crippen LogP contribution in [0.2, 0.25) is 0 Å². The monoisotopic (exact) mass is 193 g/mol. The normalized spacial score (nSPS) is 29.9. The number of halogens is 1. The zero-order valence-corrected chi connectivity index (χ0v) is 7.82. The van der Waals surface area contributed by atoms with Crippen molar-refractivity contribution in [3.63, 3.8) is 0 Å². The minimum atomic E-state index is -0.161. The Kier molecular flexibility index (Phi) is 1.74. The van der Waals surface area contributed by atoms with Crippen molar-refractivity contribution in [2.24, 2.45) is 0 Å². The molecular formula is C11H12FNO. The van der Waals surface area contributed by atoms with E-state index in [0.29, 0.717) is 12.1 Å². The van der Waals surface area contributed by atoms with Crippen LogP contribution in [0.5, 0.6) is 0 Å². The maximum atomic E-state index is 13.0. The fourth-order valence-corrected chi connectivity index (χ4v) is 2.37. The number of benzene rings is 1. The highest BCUT2D eigenvalue weighted by Gasteiger charge is 2.38. The Hall–Kier alpha value is -1.09. The Labute approximate surface area is 82.3 Å². The molecule has 1 aromatic rings. The third kappa shape index (κ3) is 1.20. The molecule has 2 unspecified atom stereocenters. The first-order valence-corrected chi connectivity index (χ1v) is 4.97. The fourth-order valence-electron chi connectivity index (χ4n) is 2.37. The predicted molar refractivity (Wildman–Crippen MR) is 51.9 cm³/mol. The summed E-state index contributed by atoms with van der Waals surface area (Å²) < 4.78 is 18.5. The SMILES string of the molecule is Fc1cccc(N2CC3CC2CO3)c1. The van der Waals surface area contributed by atoms with Crippen LogP contribution in [0.3, 0.4) is 0 Å². The van der Waals surface area contributed by atoms with E-state index in [4.69, 9.17) is 4.74 Å². The topological polar surface area (TPSA) is 12.5 Å². The zero-order chi connectivity index (χ0) is 9.54. The molecule has 0 aromatic heterocycles. The summed E-state index contributed by atoms with van der Waals surface area (Å²) >= 11 is 0. The van der Waals surface area contributed by atoms with Gasteiger partial charge in [0.2, 0.25) is 0 Å². The van der Waals surface area contributed by atoms with Crippen LogP contribution in [0.15, 0.2) is 24.3 Å². The number of rotatable bonds is 1. The average molecular weight is 193 g/mol. The van der Waals surface area contributed by atoms with E-state index in [9.17, 15) is 4.39 Å². The molecule has 74 valence electrons. The lowest BCUT2D eigenvalue weighted by Gasteiger charge is -2.28. The molecule has 0 amide bonds. The van der Waals surface area contributed by atoms with Crippen LogP contribution in [0, 0.1) is 5.82 Å². The molecular weight excluding hydrogens is 181 g/mol. The molecule has 2 aliphatic heterocycles. The third-order valence-electron chi connectivity index (χ3n) is 3.04. The first-order valence-electron chi connectivity index (χ1n) is 4.97. The van der Waals surface area contributed by atoms with Crippen molar-refractivity contribution >= 4 is 5.69 Å². The molecule has 2 aliphatic rings. The first-order chi connectivity index (χ1) is 6.83. The Morgan fingerprint density at radius 2 is 2.36 bits per heavy atom. The highest BCUT2D eigenvalue weighted by atomic mass is 19.1. The number of anilines is 1. The second-order valence-corrected chi connectivity index (χ2v) is 3.98. The van der Waals surface area contributed by atoms with Crippen molar-refractivity contribution in [1.82, 2.24) is 0 Å². The summed E-state index contributed by atoms with van der Waals surface area (Å²) in [6.07, 6.45) is 1.46. The zero-order valence-electron chi connectivity index (χ0n) is 7.82. The van der Waals surface area contributed by atoms with Gasteiger partial charge in [0.1, 0.15) is 5.82 Å². The second-order valence-electron chi connectivity index (χ2n) is 3.98. The molecule has 2 bridgehead atoms. The highest BCUT2D eigenvalue weighted by molar-refractivity contribution is 5.49. The lowest BCUT2D eigenvalue weighted by Crippen LogP contribution is -2.36. The summed E-state index contributed by atoms with van der Waals surface area (Å²) in [6.45, 7) is 1.70. The van der Waals surface area contributed by atoms with Crippen molar-refractivity contribution in [2.75, 3.05) is 18.1 Å². The van der Waals surface area contributed by atoms with Crippen LogP contribution < -0.4 is 4.90 Å². The molecule has 2 saturated heterocycles. The third-order valence-corrected chi connectivity index (χ3v) is 3.04. The van der Waals surface area contributed by atoms with E-state index in [2.05, 4.69) is 4.90 Å². The van der Waals surface area contributed by atoms with E-state index in [1.807, 2.05) is 6.07 Å². The molecule has 3 rings (SSSR count). The Balaban J connectivity index is 1.89. The largest absolute Gasteiger partial charge is 0.374 e. The van der Waals surface area contributed by atoms with Gasteiger partial charge in [-0.3, -0.25) is 0 Å². The lowest BCUT2D eigenvalue weighted by atomic mass is 10.2. The van der Waals surface area contributed by atoms with Crippen molar-refractivity contribution < 1.29 is 9.13 Å². The van der Waals surface area contributed by atoms with Crippen LogP contribution in [-0.2, 0) is 4.74 Å². The summed E-state index contributed by atoms with van der Waals surface area (Å²) in [5.41, 5.74) is 0.987. The van der Waals surface area contributed by atoms with Gasteiger partial charge in [-0.25, -0.2) is 4.39 Å². The standard InChI is InChI=1S/C11H12FNO/c12-8-2-1-3-9(4-8)13-6-11-5-10(13)7-14-11/h1-4,10-11H,5-7H2. The van der Waals surface area contributed by atoms with Gasteiger partial charge in [0.15, 0.2) is 0 Å². The van der Waals surface area contributed by atoms with Crippen molar-refractivity contribution in [1.29, 1.82) is 0 Å². The highest BCUT2D eigenvalue weighted by Crippen LogP contribution is 2.32. The van der Waals surface area contributed by atoms with Gasteiger partial charge in [-0.2, -0.15) is 0 Å². The van der Waals surface area contributed by atoms with Gasteiger partial charge < -0.3 is 9.64 Å². The molecule has 0 aliphatic carbocycles. The summed E-state index contributed by atoms with van der Waals surface area (Å²) in [5, 5.41) is 0. The number of ether oxygens (including phenoxy) is 1. The maximum Gasteiger partial charge on any atom is 0.125 e. The number of hydrogen-bond donors (Lipinski definition) is 0. The number of morpholine rings is 1. The number of nitrogens with zero attached hydrogens (tertiary/aromatic N) is 1. The van der Waals surface area contributed by atoms with Gasteiger partial charge in [-0.1, -0.05) is 6.07 Å². The van der Waals surface area contributed by atoms with E-state index in [1.54, 1.807) is 12.1 Å². The Bertz CT molecular complexity index is 355. The summed E-state index contributed by atoms with van der Waals surface area (Å²) in [4.78, 5) is 2.25. The average Bonchev–Trinajstić information content (AvgIpc) is 2.78. The van der Waals surface area contributed by atoms with Crippen LogP contribution in [0.25, 0.3) is 0 Å². The van der Waals surface area contributed by atoms with E-state index < -0.39 is 0 Å². The number of fused-ring (bicyclic) bond motifs is 2. The maximum absolute atomic E-state index is 13.0. The van der Waals surface area contributed by atoms with E-state index in [1.165, 1.54) is 6.07 Å². The molecule has 2 fully saturated rings. The van der Waals surface area contributed by atoms with E-state index >= 15 is 0 Å². The minimum Gasteiger partial charge on any atom is -0.374 e. The van der Waals surface area contributed by atoms with Crippen LogP contribution in [-0.4, -0.2) is 25.3 Å². The van der Waals surface area contributed by atoms with E-state index in [-0.39, 0.29) is 5.82 Å². The molecule has 2 atom stereocenters. The summed E-state index contributed by atoms with van der Waals surface area (Å²) in [7, 11) is 0. The van der Waals surface area contributed by atoms with Gasteiger partial charge in [-0.15, -0.1) is 0 Å². The summed E-state index contributed by atoms with van der Waals surface area (Å²) in [5.74, 6) is -0.161. The fraction of sp³-hybridized carbons (Fsp3) is 0.455. The van der Waals surface area contributed by atoms with E-state index in [0.717, 1.165) is 25.3 Å². The van der Waals surface area contributed by atoms with Gasteiger partial charge >= 0.3 is 0 Å². The van der Waals surface area contributed by atoms with Crippen molar-refractivity contribution in [3.8, 4) is 0 Å². The van der Waals surface area contributed by atoms with Gasteiger partial charge in [0.25, 0.3) is 0 Å². The molecule has 3 heteroatoms. The predicted octanol–water partition coefficient (Wildman–Crippen LogP) is 1.80.